The van der Waals surface area contributed by atoms with Gasteiger partial charge >= 0.3 is 12.1 Å². The Labute approximate surface area is 227 Å². The lowest BCUT2D eigenvalue weighted by molar-refractivity contribution is -0.154. The number of nitrogens with zero attached hydrogens (tertiary/aromatic N) is 3. The van der Waals surface area contributed by atoms with Crippen LogP contribution >= 0.6 is 11.3 Å². The zero-order valence-corrected chi connectivity index (χ0v) is 22.3. The highest BCUT2D eigenvalue weighted by Crippen LogP contribution is 2.51. The first-order valence-electron chi connectivity index (χ1n) is 12.7. The van der Waals surface area contributed by atoms with E-state index in [1.54, 1.807) is 12.3 Å². The average molecular weight is 559 g/mol. The zero-order chi connectivity index (χ0) is 28.0. The lowest BCUT2D eigenvalue weighted by atomic mass is 9.63. The molecule has 11 heteroatoms. The summed E-state index contributed by atoms with van der Waals surface area (Å²) in [6.07, 6.45) is 5.44. The molecule has 7 nitrogen and oxygen atoms in total. The van der Waals surface area contributed by atoms with Gasteiger partial charge in [0.2, 0.25) is 5.95 Å². The molecule has 2 saturated carbocycles. The number of halogens is 3. The maximum absolute atomic E-state index is 13.2. The van der Waals surface area contributed by atoms with Gasteiger partial charge in [-0.05, 0) is 78.8 Å². The van der Waals surface area contributed by atoms with Crippen LogP contribution in [-0.2, 0) is 16.6 Å². The molecule has 2 heterocycles. The molecule has 0 unspecified atom stereocenters. The predicted octanol–water partition coefficient (Wildman–Crippen LogP) is 6.88. The Morgan fingerprint density at radius 2 is 1.95 bits per heavy atom. The van der Waals surface area contributed by atoms with Gasteiger partial charge in [0.25, 0.3) is 0 Å². The summed E-state index contributed by atoms with van der Waals surface area (Å²) in [5.74, 6) is -1.04. The topological polar surface area (TPSA) is 108 Å². The van der Waals surface area contributed by atoms with Gasteiger partial charge in [0.15, 0.2) is 0 Å². The second-order valence-corrected chi connectivity index (χ2v) is 12.1. The number of allylic oxidation sites excluding steroid dienone is 1. The molecule has 0 aliphatic heterocycles. The number of hydrogen-bond donors (Lipinski definition) is 3. The third kappa shape index (κ3) is 6.14. The Kier molecular flexibility index (Phi) is 7.00. The fourth-order valence-electron chi connectivity index (χ4n) is 5.21. The molecular formula is C28H29F3N4O3S. The van der Waals surface area contributed by atoms with Crippen LogP contribution in [0.1, 0.15) is 62.2 Å². The van der Waals surface area contributed by atoms with E-state index in [1.807, 2.05) is 32.1 Å². The number of aromatic nitrogens is 3. The van der Waals surface area contributed by atoms with E-state index in [9.17, 15) is 28.2 Å². The number of nitrogens with one attached hydrogen (secondary N) is 1. The molecule has 206 valence electrons. The van der Waals surface area contributed by atoms with E-state index in [0.717, 1.165) is 41.1 Å². The Bertz CT molecular complexity index is 1420. The van der Waals surface area contributed by atoms with Crippen LogP contribution in [0.3, 0.4) is 0 Å². The van der Waals surface area contributed by atoms with E-state index in [0.29, 0.717) is 29.5 Å². The summed E-state index contributed by atoms with van der Waals surface area (Å²) in [5, 5.41) is 24.5. The predicted molar refractivity (Wildman–Crippen MR) is 142 cm³/mol. The van der Waals surface area contributed by atoms with E-state index in [4.69, 9.17) is 0 Å². The van der Waals surface area contributed by atoms with Crippen LogP contribution in [0.2, 0.25) is 0 Å². The highest BCUT2D eigenvalue weighted by atomic mass is 32.1. The molecule has 2 fully saturated rings. The second kappa shape index (κ2) is 10.0. The second-order valence-electron chi connectivity index (χ2n) is 11.1. The quantitative estimate of drug-likeness (QED) is 0.290. The molecule has 0 amide bonds. The first kappa shape index (κ1) is 27.3. The van der Waals surface area contributed by atoms with Crippen molar-refractivity contribution in [1.82, 2.24) is 15.0 Å². The molecule has 3 N–H and O–H groups in total. The molecule has 2 aliphatic rings. The van der Waals surface area contributed by atoms with Crippen LogP contribution in [0.15, 0.2) is 42.7 Å². The van der Waals surface area contributed by atoms with E-state index in [1.165, 1.54) is 11.3 Å². The van der Waals surface area contributed by atoms with E-state index < -0.39 is 34.8 Å². The standard InChI is InChI=1S/C28H29F3N4O3S/c1-26(2)15-27(38,9-7-20(26)23(36)37)24-33-14-21(39-24)18-11-17(6-5-16-3-4-16)12-19(13-18)34-25-32-10-8-22(35-25)28(29,30)31/h5-6,8,10-14,16,20,38H,3-4,7,9,15H2,1-2H3,(H,36,37)(H,32,34,35)/b6-5-/t20-,27-/m0/s1. The SMILES string of the molecule is CC1(C)C[C@](O)(c2ncc(-c3cc(/C=C\C4CC4)cc(Nc4nccc(C(F)(F)F)n4)c3)s2)CC[C@H]1C(=O)O. The maximum atomic E-state index is 13.2. The summed E-state index contributed by atoms with van der Waals surface area (Å²) in [6.45, 7) is 3.71. The van der Waals surface area contributed by atoms with Gasteiger partial charge in [-0.25, -0.2) is 15.0 Å². The number of alkyl halides is 3. The van der Waals surface area contributed by atoms with Gasteiger partial charge in [0.1, 0.15) is 16.3 Å². The molecule has 0 spiro atoms. The summed E-state index contributed by atoms with van der Waals surface area (Å²) in [5.41, 5.74) is -0.751. The summed E-state index contributed by atoms with van der Waals surface area (Å²) in [7, 11) is 0. The van der Waals surface area contributed by atoms with Gasteiger partial charge in [0, 0.05) is 18.1 Å². The molecule has 0 radical (unpaired) electrons. The fourth-order valence-corrected chi connectivity index (χ4v) is 6.23. The smallest absolute Gasteiger partial charge is 0.433 e. The molecule has 2 aromatic heterocycles. The molecule has 2 aliphatic carbocycles. The first-order valence-corrected chi connectivity index (χ1v) is 13.6. The Morgan fingerprint density at radius 1 is 1.18 bits per heavy atom. The minimum absolute atomic E-state index is 0.171. The van der Waals surface area contributed by atoms with Gasteiger partial charge in [-0.2, -0.15) is 13.2 Å². The van der Waals surface area contributed by atoms with Crippen molar-refractivity contribution < 1.29 is 28.2 Å². The van der Waals surface area contributed by atoms with Crippen molar-refractivity contribution >= 4 is 35.0 Å². The highest BCUT2D eigenvalue weighted by Gasteiger charge is 2.49. The number of aliphatic carboxylic acids is 1. The molecule has 2 atom stereocenters. The zero-order valence-electron chi connectivity index (χ0n) is 21.5. The largest absolute Gasteiger partial charge is 0.481 e. The van der Waals surface area contributed by atoms with Crippen molar-refractivity contribution in [3.63, 3.8) is 0 Å². The van der Waals surface area contributed by atoms with Crippen molar-refractivity contribution in [1.29, 1.82) is 0 Å². The van der Waals surface area contributed by atoms with Gasteiger partial charge < -0.3 is 15.5 Å². The number of hydrogen-bond acceptors (Lipinski definition) is 7. The van der Waals surface area contributed by atoms with Crippen molar-refractivity contribution in [2.45, 2.75) is 57.7 Å². The average Bonchev–Trinajstić information content (AvgIpc) is 3.53. The molecule has 0 bridgehead atoms. The van der Waals surface area contributed by atoms with Gasteiger partial charge in [-0.3, -0.25) is 4.79 Å². The van der Waals surface area contributed by atoms with Crippen molar-refractivity contribution in [2.24, 2.45) is 17.3 Å². The number of anilines is 2. The van der Waals surface area contributed by atoms with E-state index >= 15 is 0 Å². The van der Waals surface area contributed by atoms with E-state index in [-0.39, 0.29) is 12.4 Å². The van der Waals surface area contributed by atoms with Gasteiger partial charge in [-0.15, -0.1) is 11.3 Å². The lowest BCUT2D eigenvalue weighted by Gasteiger charge is -2.44. The molecule has 0 saturated heterocycles. The molecule has 39 heavy (non-hydrogen) atoms. The van der Waals surface area contributed by atoms with Crippen LogP contribution in [0.5, 0.6) is 0 Å². The maximum Gasteiger partial charge on any atom is 0.433 e. The first-order chi connectivity index (χ1) is 18.3. The van der Waals surface area contributed by atoms with Crippen molar-refractivity contribution in [3.8, 4) is 10.4 Å². The molecule has 5 rings (SSSR count). The summed E-state index contributed by atoms with van der Waals surface area (Å²) in [6, 6.07) is 6.38. The Hall–Kier alpha value is -3.31. The molecular weight excluding hydrogens is 529 g/mol. The normalized spacial score (nSPS) is 23.2. The fraction of sp³-hybridized carbons (Fsp3) is 0.429. The minimum atomic E-state index is -4.59. The van der Waals surface area contributed by atoms with Gasteiger partial charge in [-0.1, -0.05) is 26.0 Å². The highest BCUT2D eigenvalue weighted by molar-refractivity contribution is 7.15. The third-order valence-electron chi connectivity index (χ3n) is 7.36. The van der Waals surface area contributed by atoms with Crippen molar-refractivity contribution in [2.75, 3.05) is 5.32 Å². The summed E-state index contributed by atoms with van der Waals surface area (Å²) < 4.78 is 39.5. The van der Waals surface area contributed by atoms with Crippen LogP contribution in [0.4, 0.5) is 24.8 Å². The number of rotatable bonds is 7. The van der Waals surface area contributed by atoms with Gasteiger partial charge in [0.05, 0.1) is 10.8 Å². The molecule has 3 aromatic rings. The number of carboxylic acid groups (broad SMARTS) is 1. The Morgan fingerprint density at radius 3 is 2.62 bits per heavy atom. The van der Waals surface area contributed by atoms with E-state index in [2.05, 4.69) is 26.3 Å². The number of carbonyl (C=O) groups is 1. The number of benzene rings is 1. The van der Waals surface area contributed by atoms with Crippen LogP contribution < -0.4 is 5.32 Å². The third-order valence-corrected chi connectivity index (χ3v) is 8.60. The lowest BCUT2D eigenvalue weighted by Crippen LogP contribution is -2.44. The van der Waals surface area contributed by atoms with Crippen molar-refractivity contribution in [3.05, 3.63) is 59.0 Å². The number of carboxylic acids is 1. The van der Waals surface area contributed by atoms with Crippen LogP contribution in [0.25, 0.3) is 16.5 Å². The minimum Gasteiger partial charge on any atom is -0.481 e. The summed E-state index contributed by atoms with van der Waals surface area (Å²) in [4.78, 5) is 24.5. The number of thiazole rings is 1. The number of aliphatic hydroxyl groups is 1. The van der Waals surface area contributed by atoms with Crippen LogP contribution in [0, 0.1) is 17.3 Å². The monoisotopic (exact) mass is 558 g/mol. The van der Waals surface area contributed by atoms with Crippen LogP contribution in [-0.4, -0.2) is 31.1 Å². The Balaban J connectivity index is 1.45. The molecule has 1 aromatic carbocycles. The summed E-state index contributed by atoms with van der Waals surface area (Å²) >= 11 is 1.33.